The zero-order chi connectivity index (χ0) is 17.9. The zero-order valence-corrected chi connectivity index (χ0v) is 15.1. The summed E-state index contributed by atoms with van der Waals surface area (Å²) in [5.41, 5.74) is 0.625. The van der Waals surface area contributed by atoms with Crippen LogP contribution in [0.3, 0.4) is 0 Å². The average Bonchev–Trinajstić information content (AvgIpc) is 3.03. The number of anilines is 1. The third-order valence-electron chi connectivity index (χ3n) is 5.35. The number of aromatic nitrogens is 4. The van der Waals surface area contributed by atoms with Crippen molar-refractivity contribution in [3.05, 3.63) is 35.9 Å². The molecule has 2 aromatic heterocycles. The van der Waals surface area contributed by atoms with Gasteiger partial charge in [0.05, 0.1) is 31.6 Å². The van der Waals surface area contributed by atoms with Crippen LogP contribution in [-0.2, 0) is 18.3 Å². The highest BCUT2D eigenvalue weighted by Crippen LogP contribution is 2.30. The summed E-state index contributed by atoms with van der Waals surface area (Å²) in [6.07, 6.45) is 4.98. The molecule has 26 heavy (non-hydrogen) atoms. The molecule has 0 N–H and O–H groups in total. The van der Waals surface area contributed by atoms with Crippen molar-refractivity contribution in [1.29, 1.82) is 0 Å². The Bertz CT molecular complexity index is 745. The van der Waals surface area contributed by atoms with Gasteiger partial charge in [-0.1, -0.05) is 0 Å². The van der Waals surface area contributed by atoms with Crippen molar-refractivity contribution in [3.63, 3.8) is 0 Å². The van der Waals surface area contributed by atoms with Crippen LogP contribution < -0.4 is 4.90 Å². The first kappa shape index (κ1) is 17.4. The van der Waals surface area contributed by atoms with Crippen LogP contribution in [0.4, 0.5) is 10.1 Å². The van der Waals surface area contributed by atoms with Crippen LogP contribution in [0.1, 0.15) is 30.4 Å². The van der Waals surface area contributed by atoms with Crippen molar-refractivity contribution < 1.29 is 9.13 Å². The molecule has 0 spiro atoms. The van der Waals surface area contributed by atoms with Crippen LogP contribution in [0, 0.1) is 5.82 Å². The van der Waals surface area contributed by atoms with Crippen LogP contribution >= 0.6 is 0 Å². The van der Waals surface area contributed by atoms with Crippen LogP contribution in [-0.4, -0.2) is 64.0 Å². The number of morpholine rings is 1. The predicted octanol–water partition coefficient (Wildman–Crippen LogP) is 1.57. The van der Waals surface area contributed by atoms with Gasteiger partial charge in [0, 0.05) is 45.3 Å². The normalized spacial score (nSPS) is 21.9. The van der Waals surface area contributed by atoms with Gasteiger partial charge in [-0.3, -0.25) is 9.88 Å². The fourth-order valence-corrected chi connectivity index (χ4v) is 3.86. The highest BCUT2D eigenvalue weighted by Gasteiger charge is 2.27. The smallest absolute Gasteiger partial charge is 0.164 e. The van der Waals surface area contributed by atoms with Gasteiger partial charge in [-0.05, 0) is 18.9 Å². The van der Waals surface area contributed by atoms with E-state index in [1.165, 1.54) is 6.20 Å². The minimum atomic E-state index is -0.265. The summed E-state index contributed by atoms with van der Waals surface area (Å²) in [6, 6.07) is 1.75. The standard InChI is InChI=1S/C18H25FN6O/c1-23-17(13-24-7-9-26-10-8-24)21-22-18(23)14-3-2-6-25(12-14)16-4-5-20-11-15(16)19/h4-5,11,14H,2-3,6-10,12-13H2,1H3/t14-/m0/s1. The van der Waals surface area contributed by atoms with Crippen LogP contribution in [0.25, 0.3) is 0 Å². The molecule has 0 unspecified atom stereocenters. The number of ether oxygens (including phenoxy) is 1. The summed E-state index contributed by atoms with van der Waals surface area (Å²) < 4.78 is 21.6. The van der Waals surface area contributed by atoms with Crippen LogP contribution in [0.15, 0.2) is 18.5 Å². The van der Waals surface area contributed by atoms with E-state index in [1.54, 1.807) is 12.3 Å². The summed E-state index contributed by atoms with van der Waals surface area (Å²) in [6.45, 7) is 5.82. The first-order valence-electron chi connectivity index (χ1n) is 9.25. The Morgan fingerprint density at radius 1 is 1.23 bits per heavy atom. The van der Waals surface area contributed by atoms with Gasteiger partial charge in [0.2, 0.25) is 0 Å². The number of hydrogen-bond donors (Lipinski definition) is 0. The van der Waals surface area contributed by atoms with Gasteiger partial charge in [-0.15, -0.1) is 10.2 Å². The third kappa shape index (κ3) is 3.57. The van der Waals surface area contributed by atoms with E-state index in [1.807, 2.05) is 7.05 Å². The SMILES string of the molecule is Cn1c(CN2CCOCC2)nnc1[C@H]1CCCN(c2ccncc2F)C1. The summed E-state index contributed by atoms with van der Waals surface area (Å²) in [5, 5.41) is 8.91. The molecule has 0 aromatic carbocycles. The molecule has 8 heteroatoms. The number of pyridine rings is 1. The number of nitrogens with zero attached hydrogens (tertiary/aromatic N) is 6. The molecule has 0 radical (unpaired) electrons. The second-order valence-electron chi connectivity index (χ2n) is 7.03. The lowest BCUT2D eigenvalue weighted by atomic mass is 9.96. The molecule has 2 aromatic rings. The monoisotopic (exact) mass is 360 g/mol. The van der Waals surface area contributed by atoms with E-state index in [-0.39, 0.29) is 11.7 Å². The van der Waals surface area contributed by atoms with E-state index in [9.17, 15) is 4.39 Å². The number of hydrogen-bond acceptors (Lipinski definition) is 6. The summed E-state index contributed by atoms with van der Waals surface area (Å²) in [4.78, 5) is 8.29. The molecule has 140 valence electrons. The molecule has 4 heterocycles. The Hall–Kier alpha value is -2.06. The highest BCUT2D eigenvalue weighted by molar-refractivity contribution is 5.47. The first-order valence-corrected chi connectivity index (χ1v) is 9.25. The second-order valence-corrected chi connectivity index (χ2v) is 7.03. The Morgan fingerprint density at radius 2 is 2.08 bits per heavy atom. The molecule has 0 saturated carbocycles. The van der Waals surface area contributed by atoms with Crippen molar-refractivity contribution in [2.24, 2.45) is 7.05 Å². The Morgan fingerprint density at radius 3 is 2.88 bits per heavy atom. The van der Waals surface area contributed by atoms with E-state index in [0.717, 1.165) is 70.4 Å². The minimum absolute atomic E-state index is 0.257. The van der Waals surface area contributed by atoms with Gasteiger partial charge in [-0.25, -0.2) is 4.39 Å². The molecular weight excluding hydrogens is 335 g/mol. The molecule has 0 amide bonds. The molecule has 4 rings (SSSR count). The molecule has 2 saturated heterocycles. The lowest BCUT2D eigenvalue weighted by Crippen LogP contribution is -2.37. The van der Waals surface area contributed by atoms with Gasteiger partial charge in [0.15, 0.2) is 5.82 Å². The van der Waals surface area contributed by atoms with Crippen molar-refractivity contribution >= 4 is 5.69 Å². The maximum absolute atomic E-state index is 14.1. The molecule has 7 nitrogen and oxygen atoms in total. The van der Waals surface area contributed by atoms with Crippen molar-refractivity contribution in [3.8, 4) is 0 Å². The van der Waals surface area contributed by atoms with Gasteiger partial charge >= 0.3 is 0 Å². The second kappa shape index (κ2) is 7.67. The topological polar surface area (TPSA) is 59.3 Å². The van der Waals surface area contributed by atoms with Gasteiger partial charge in [0.1, 0.15) is 11.6 Å². The van der Waals surface area contributed by atoms with Crippen LogP contribution in [0.2, 0.25) is 0 Å². The van der Waals surface area contributed by atoms with Crippen molar-refractivity contribution in [1.82, 2.24) is 24.6 Å². The predicted molar refractivity (Wildman–Crippen MR) is 95.5 cm³/mol. The Labute approximate surface area is 152 Å². The van der Waals surface area contributed by atoms with Crippen LogP contribution in [0.5, 0.6) is 0 Å². The molecule has 2 aliphatic rings. The third-order valence-corrected chi connectivity index (χ3v) is 5.35. The fraction of sp³-hybridized carbons (Fsp3) is 0.611. The lowest BCUT2D eigenvalue weighted by molar-refractivity contribution is 0.0326. The van der Waals surface area contributed by atoms with E-state index in [4.69, 9.17) is 4.74 Å². The Kier molecular flexibility index (Phi) is 5.12. The molecule has 2 aliphatic heterocycles. The lowest BCUT2D eigenvalue weighted by Gasteiger charge is -2.34. The molecule has 0 aliphatic carbocycles. The van der Waals surface area contributed by atoms with Gasteiger partial charge in [-0.2, -0.15) is 0 Å². The summed E-state index contributed by atoms with van der Waals surface area (Å²) >= 11 is 0. The summed E-state index contributed by atoms with van der Waals surface area (Å²) in [7, 11) is 2.04. The minimum Gasteiger partial charge on any atom is -0.379 e. The number of halogens is 1. The molecule has 1 atom stereocenters. The number of piperidine rings is 1. The van der Waals surface area contributed by atoms with E-state index in [2.05, 4.69) is 29.5 Å². The van der Waals surface area contributed by atoms with E-state index >= 15 is 0 Å². The summed E-state index contributed by atoms with van der Waals surface area (Å²) in [5.74, 6) is 1.97. The van der Waals surface area contributed by atoms with Crippen molar-refractivity contribution in [2.75, 3.05) is 44.3 Å². The highest BCUT2D eigenvalue weighted by atomic mass is 19.1. The number of rotatable bonds is 4. The quantitative estimate of drug-likeness (QED) is 0.825. The zero-order valence-electron chi connectivity index (χ0n) is 15.1. The fourth-order valence-electron chi connectivity index (χ4n) is 3.86. The van der Waals surface area contributed by atoms with E-state index < -0.39 is 0 Å². The largest absolute Gasteiger partial charge is 0.379 e. The van der Waals surface area contributed by atoms with E-state index in [0.29, 0.717) is 5.69 Å². The Balaban J connectivity index is 1.48. The average molecular weight is 360 g/mol. The van der Waals surface area contributed by atoms with Gasteiger partial charge in [0.25, 0.3) is 0 Å². The molecule has 0 bridgehead atoms. The molecular formula is C18H25FN6O. The maximum Gasteiger partial charge on any atom is 0.164 e. The van der Waals surface area contributed by atoms with Gasteiger partial charge < -0.3 is 14.2 Å². The maximum atomic E-state index is 14.1. The van der Waals surface area contributed by atoms with Crippen molar-refractivity contribution in [2.45, 2.75) is 25.3 Å². The molecule has 2 fully saturated rings. The first-order chi connectivity index (χ1) is 12.7.